The second-order valence-corrected chi connectivity index (χ2v) is 6.10. The molecular formula is C20H23NO4. The van der Waals surface area contributed by atoms with E-state index in [1.807, 2.05) is 30.3 Å². The van der Waals surface area contributed by atoms with E-state index in [9.17, 15) is 9.59 Å². The van der Waals surface area contributed by atoms with Gasteiger partial charge in [0.15, 0.2) is 5.60 Å². The summed E-state index contributed by atoms with van der Waals surface area (Å²) >= 11 is 0. The molecule has 5 heteroatoms. The summed E-state index contributed by atoms with van der Waals surface area (Å²) in [5, 5.41) is 3.14. The topological polar surface area (TPSA) is 64.6 Å². The Morgan fingerprint density at radius 2 is 1.64 bits per heavy atom. The fraction of sp³-hybridized carbons (Fsp3) is 0.300. The van der Waals surface area contributed by atoms with E-state index in [2.05, 4.69) is 5.32 Å². The highest BCUT2D eigenvalue weighted by atomic mass is 16.5. The van der Waals surface area contributed by atoms with Gasteiger partial charge in [0.25, 0.3) is 0 Å². The zero-order valence-electron chi connectivity index (χ0n) is 14.7. The lowest BCUT2D eigenvalue weighted by molar-refractivity contribution is -0.140. The predicted octanol–water partition coefficient (Wildman–Crippen LogP) is 3.70. The number of nitrogens with one attached hydrogen (secondary N) is 1. The van der Waals surface area contributed by atoms with Crippen LogP contribution < -0.4 is 10.1 Å². The summed E-state index contributed by atoms with van der Waals surface area (Å²) in [5.74, 6) is 0.243. The van der Waals surface area contributed by atoms with Crippen molar-refractivity contribution in [3.8, 4) is 5.75 Å². The lowest BCUT2D eigenvalue weighted by Gasteiger charge is -2.25. The largest absolute Gasteiger partial charge is 0.480 e. The summed E-state index contributed by atoms with van der Waals surface area (Å²) < 4.78 is 10.7. The Balaban J connectivity index is 1.93. The number of carbonyl (C=O) groups is 2. The SMILES string of the molecule is CC(=O)OCCNc1ccc(OC(C)(C)C(=O)c2ccccc2)cc1. The average Bonchev–Trinajstić information content (AvgIpc) is 2.60. The van der Waals surface area contributed by atoms with Gasteiger partial charge in [-0.1, -0.05) is 30.3 Å². The molecule has 25 heavy (non-hydrogen) atoms. The molecule has 2 aromatic rings. The molecule has 2 rings (SSSR count). The first-order valence-electron chi connectivity index (χ1n) is 8.14. The average molecular weight is 341 g/mol. The van der Waals surface area contributed by atoms with Crippen LogP contribution in [0.1, 0.15) is 31.1 Å². The fourth-order valence-electron chi connectivity index (χ4n) is 2.31. The van der Waals surface area contributed by atoms with E-state index in [0.29, 0.717) is 24.5 Å². The van der Waals surface area contributed by atoms with Crippen molar-refractivity contribution in [1.82, 2.24) is 0 Å². The molecule has 0 radical (unpaired) electrons. The monoisotopic (exact) mass is 341 g/mol. The zero-order valence-corrected chi connectivity index (χ0v) is 14.7. The van der Waals surface area contributed by atoms with Gasteiger partial charge in [0.1, 0.15) is 12.4 Å². The number of rotatable bonds is 8. The number of carbonyl (C=O) groups excluding carboxylic acids is 2. The standard InChI is InChI=1S/C20H23NO4/c1-15(22)24-14-13-21-17-9-11-18(12-10-17)25-20(2,3)19(23)16-7-5-4-6-8-16/h4-12,21H,13-14H2,1-3H3. The Kier molecular flexibility index (Phi) is 6.17. The Hall–Kier alpha value is -2.82. The first kappa shape index (κ1) is 18.5. The van der Waals surface area contributed by atoms with Crippen LogP contribution in [0.25, 0.3) is 0 Å². The maximum Gasteiger partial charge on any atom is 0.302 e. The van der Waals surface area contributed by atoms with Crippen LogP contribution in [0, 0.1) is 0 Å². The Labute approximate surface area is 148 Å². The van der Waals surface area contributed by atoms with Gasteiger partial charge in [0.2, 0.25) is 5.78 Å². The van der Waals surface area contributed by atoms with E-state index < -0.39 is 5.60 Å². The molecule has 0 aliphatic heterocycles. The van der Waals surface area contributed by atoms with Crippen molar-refractivity contribution in [1.29, 1.82) is 0 Å². The Morgan fingerprint density at radius 3 is 2.24 bits per heavy atom. The number of hydrogen-bond acceptors (Lipinski definition) is 5. The molecule has 0 aliphatic rings. The van der Waals surface area contributed by atoms with E-state index in [1.54, 1.807) is 38.1 Å². The van der Waals surface area contributed by atoms with E-state index in [1.165, 1.54) is 6.92 Å². The van der Waals surface area contributed by atoms with Crippen LogP contribution >= 0.6 is 0 Å². The lowest BCUT2D eigenvalue weighted by atomic mass is 9.96. The molecule has 132 valence electrons. The summed E-state index contributed by atoms with van der Waals surface area (Å²) in [6.45, 7) is 5.73. The van der Waals surface area contributed by atoms with Gasteiger partial charge in [0, 0.05) is 24.7 Å². The highest BCUT2D eigenvalue weighted by molar-refractivity contribution is 6.02. The van der Waals surface area contributed by atoms with E-state index in [4.69, 9.17) is 9.47 Å². The predicted molar refractivity (Wildman–Crippen MR) is 97.0 cm³/mol. The van der Waals surface area contributed by atoms with Crippen LogP contribution in [0.3, 0.4) is 0 Å². The number of hydrogen-bond donors (Lipinski definition) is 1. The minimum atomic E-state index is -0.967. The summed E-state index contributed by atoms with van der Waals surface area (Å²) in [6.07, 6.45) is 0. The van der Waals surface area contributed by atoms with Gasteiger partial charge >= 0.3 is 5.97 Å². The van der Waals surface area contributed by atoms with Gasteiger partial charge in [-0.15, -0.1) is 0 Å². The number of Topliss-reactive ketones (excluding diaryl/α,β-unsaturated/α-hetero) is 1. The molecule has 0 heterocycles. The third kappa shape index (κ3) is 5.64. The number of anilines is 1. The van der Waals surface area contributed by atoms with Crippen LogP contribution in [0.15, 0.2) is 54.6 Å². The van der Waals surface area contributed by atoms with Gasteiger partial charge < -0.3 is 14.8 Å². The third-order valence-electron chi connectivity index (χ3n) is 3.55. The molecule has 0 aliphatic carbocycles. The molecule has 1 N–H and O–H groups in total. The minimum Gasteiger partial charge on any atom is -0.480 e. The Morgan fingerprint density at radius 1 is 1.00 bits per heavy atom. The summed E-state index contributed by atoms with van der Waals surface area (Å²) in [6, 6.07) is 16.4. The number of esters is 1. The molecule has 0 saturated carbocycles. The van der Waals surface area contributed by atoms with Gasteiger partial charge in [-0.3, -0.25) is 9.59 Å². The van der Waals surface area contributed by atoms with Crippen molar-refractivity contribution in [3.05, 3.63) is 60.2 Å². The first-order chi connectivity index (χ1) is 11.9. The number of ether oxygens (including phenoxy) is 2. The molecule has 0 bridgehead atoms. The molecule has 5 nitrogen and oxygen atoms in total. The van der Waals surface area contributed by atoms with Crippen LogP contribution in [0.5, 0.6) is 5.75 Å². The fourth-order valence-corrected chi connectivity index (χ4v) is 2.31. The van der Waals surface area contributed by atoms with Crippen LogP contribution in [0.4, 0.5) is 5.69 Å². The molecule has 0 amide bonds. The van der Waals surface area contributed by atoms with E-state index in [-0.39, 0.29) is 11.8 Å². The van der Waals surface area contributed by atoms with Crippen molar-refractivity contribution in [2.24, 2.45) is 0 Å². The lowest BCUT2D eigenvalue weighted by Crippen LogP contribution is -2.38. The van der Waals surface area contributed by atoms with Crippen LogP contribution in [-0.2, 0) is 9.53 Å². The molecule has 0 fully saturated rings. The minimum absolute atomic E-state index is 0.0725. The first-order valence-corrected chi connectivity index (χ1v) is 8.14. The van der Waals surface area contributed by atoms with E-state index in [0.717, 1.165) is 5.69 Å². The molecule has 2 aromatic carbocycles. The zero-order chi connectivity index (χ0) is 18.3. The summed E-state index contributed by atoms with van der Waals surface area (Å²) in [5.41, 5.74) is 0.536. The second kappa shape index (κ2) is 8.33. The number of ketones is 1. The Bertz CT molecular complexity index is 708. The van der Waals surface area contributed by atoms with E-state index >= 15 is 0 Å². The summed E-state index contributed by atoms with van der Waals surface area (Å²) in [7, 11) is 0. The molecular weight excluding hydrogens is 318 g/mol. The highest BCUT2D eigenvalue weighted by Crippen LogP contribution is 2.23. The van der Waals surface area contributed by atoms with Crippen molar-refractivity contribution in [2.75, 3.05) is 18.5 Å². The molecule has 0 spiro atoms. The molecule has 0 atom stereocenters. The van der Waals surface area contributed by atoms with Crippen LogP contribution in [-0.4, -0.2) is 30.5 Å². The van der Waals surface area contributed by atoms with Gasteiger partial charge in [-0.25, -0.2) is 0 Å². The normalized spacial score (nSPS) is 10.8. The smallest absolute Gasteiger partial charge is 0.302 e. The maximum atomic E-state index is 12.6. The van der Waals surface area contributed by atoms with Crippen molar-refractivity contribution in [2.45, 2.75) is 26.4 Å². The third-order valence-corrected chi connectivity index (χ3v) is 3.55. The number of benzene rings is 2. The molecule has 0 unspecified atom stereocenters. The van der Waals surface area contributed by atoms with Crippen LogP contribution in [0.2, 0.25) is 0 Å². The van der Waals surface area contributed by atoms with Crippen molar-refractivity contribution in [3.63, 3.8) is 0 Å². The molecule has 0 aromatic heterocycles. The summed E-state index contributed by atoms with van der Waals surface area (Å²) in [4.78, 5) is 23.3. The second-order valence-electron chi connectivity index (χ2n) is 6.10. The van der Waals surface area contributed by atoms with Crippen molar-refractivity contribution < 1.29 is 19.1 Å². The highest BCUT2D eigenvalue weighted by Gasteiger charge is 2.30. The van der Waals surface area contributed by atoms with Gasteiger partial charge in [0.05, 0.1) is 0 Å². The van der Waals surface area contributed by atoms with Gasteiger partial charge in [-0.2, -0.15) is 0 Å². The van der Waals surface area contributed by atoms with Crippen molar-refractivity contribution >= 4 is 17.4 Å². The quantitative estimate of drug-likeness (QED) is 0.450. The maximum absolute atomic E-state index is 12.6. The van der Waals surface area contributed by atoms with Gasteiger partial charge in [-0.05, 0) is 38.1 Å². The molecule has 0 saturated heterocycles.